The van der Waals surface area contributed by atoms with Crippen LogP contribution in [-0.2, 0) is 12.7 Å². The van der Waals surface area contributed by atoms with Crippen LogP contribution in [-0.4, -0.2) is 38.3 Å². The first-order valence-corrected chi connectivity index (χ1v) is 8.05. The number of pyridine rings is 1. The largest absolute Gasteiger partial charge is 0.467 e. The van der Waals surface area contributed by atoms with Gasteiger partial charge in [0.1, 0.15) is 5.69 Å². The van der Waals surface area contributed by atoms with Gasteiger partial charge in [-0.05, 0) is 12.1 Å². The summed E-state index contributed by atoms with van der Waals surface area (Å²) in [7, 11) is 1.31. The maximum atomic E-state index is 13.8. The number of halogens is 5. The molecule has 0 saturated heterocycles. The van der Waals surface area contributed by atoms with E-state index in [1.807, 2.05) is 10.4 Å². The van der Waals surface area contributed by atoms with Crippen LogP contribution in [0.5, 0.6) is 6.01 Å². The van der Waals surface area contributed by atoms with E-state index < -0.39 is 41.9 Å². The van der Waals surface area contributed by atoms with Crippen LogP contribution in [0.25, 0.3) is 0 Å². The molecule has 0 aromatic carbocycles. The highest BCUT2D eigenvalue weighted by molar-refractivity contribution is 6.00. The topological polar surface area (TPSA) is 109 Å². The van der Waals surface area contributed by atoms with Crippen molar-refractivity contribution in [1.29, 1.82) is 0 Å². The molecule has 0 aliphatic heterocycles. The quantitative estimate of drug-likeness (QED) is 0.604. The standard InChI is InChI=1S/C16H12F5N7O2/c1-30-14-23-5-9(6-24-14)28(7-8-4-11(27-26-8)16(19,20)21)15(29)25-13-12(18)10(17)2-3-22-13/h2-6H,7H2,1H3,(H,26,27)(H,22,25,29). The normalized spacial score (nSPS) is 11.3. The highest BCUT2D eigenvalue weighted by atomic mass is 19.4. The number of amides is 2. The summed E-state index contributed by atoms with van der Waals surface area (Å²) in [4.78, 5) is 24.7. The first kappa shape index (κ1) is 20.9. The lowest BCUT2D eigenvalue weighted by atomic mass is 10.3. The van der Waals surface area contributed by atoms with Gasteiger partial charge in [-0.15, -0.1) is 0 Å². The maximum absolute atomic E-state index is 13.8. The molecule has 3 heterocycles. The Morgan fingerprint density at radius 1 is 1.23 bits per heavy atom. The maximum Gasteiger partial charge on any atom is 0.432 e. The van der Waals surface area contributed by atoms with E-state index in [9.17, 15) is 26.7 Å². The average Bonchev–Trinajstić information content (AvgIpc) is 3.19. The van der Waals surface area contributed by atoms with Crippen molar-refractivity contribution >= 4 is 17.5 Å². The second-order valence-corrected chi connectivity index (χ2v) is 5.67. The molecular weight excluding hydrogens is 417 g/mol. The van der Waals surface area contributed by atoms with Crippen LogP contribution in [0.2, 0.25) is 0 Å². The van der Waals surface area contributed by atoms with Crippen molar-refractivity contribution in [2.24, 2.45) is 0 Å². The van der Waals surface area contributed by atoms with E-state index in [4.69, 9.17) is 4.74 Å². The highest BCUT2D eigenvalue weighted by Crippen LogP contribution is 2.28. The fraction of sp³-hybridized carbons (Fsp3) is 0.188. The SMILES string of the molecule is COc1ncc(N(Cc2cc(C(F)(F)F)[nH]n2)C(=O)Nc2nccc(F)c2F)cn1. The number of hydrogen-bond acceptors (Lipinski definition) is 6. The van der Waals surface area contributed by atoms with E-state index in [2.05, 4.69) is 20.1 Å². The number of urea groups is 1. The second-order valence-electron chi connectivity index (χ2n) is 5.67. The van der Waals surface area contributed by atoms with Gasteiger partial charge in [0.2, 0.25) is 5.82 Å². The van der Waals surface area contributed by atoms with Gasteiger partial charge in [0.05, 0.1) is 37.4 Å². The van der Waals surface area contributed by atoms with E-state index in [0.717, 1.165) is 29.6 Å². The molecule has 3 aromatic rings. The summed E-state index contributed by atoms with van der Waals surface area (Å²) in [5.41, 5.74) is -1.27. The van der Waals surface area contributed by atoms with E-state index in [1.54, 1.807) is 0 Å². The molecule has 0 aliphatic carbocycles. The molecule has 158 valence electrons. The number of rotatable bonds is 5. The number of anilines is 2. The molecule has 14 heteroatoms. The Hall–Kier alpha value is -3.84. The minimum Gasteiger partial charge on any atom is -0.467 e. The van der Waals surface area contributed by atoms with Crippen LogP contribution in [0.1, 0.15) is 11.4 Å². The first-order valence-electron chi connectivity index (χ1n) is 8.05. The molecule has 3 rings (SSSR count). The summed E-state index contributed by atoms with van der Waals surface area (Å²) in [6.07, 6.45) is -1.44. The average molecular weight is 429 g/mol. The minimum absolute atomic E-state index is 0.0154. The van der Waals surface area contributed by atoms with E-state index in [0.29, 0.717) is 6.07 Å². The zero-order chi connectivity index (χ0) is 21.9. The predicted octanol–water partition coefficient (Wildman–Crippen LogP) is 3.14. The number of carbonyl (C=O) groups excluding carboxylic acids is 1. The van der Waals surface area contributed by atoms with E-state index in [1.165, 1.54) is 7.11 Å². The first-order chi connectivity index (χ1) is 14.2. The molecule has 2 N–H and O–H groups in total. The van der Waals surface area contributed by atoms with Gasteiger partial charge in [0.25, 0.3) is 0 Å². The van der Waals surface area contributed by atoms with Gasteiger partial charge < -0.3 is 4.74 Å². The Labute approximate surface area is 164 Å². The third-order valence-electron chi connectivity index (χ3n) is 3.68. The summed E-state index contributed by atoms with van der Waals surface area (Å²) < 4.78 is 70.4. The number of ether oxygens (including phenoxy) is 1. The van der Waals surface area contributed by atoms with E-state index in [-0.39, 0.29) is 17.4 Å². The van der Waals surface area contributed by atoms with Crippen molar-refractivity contribution in [3.8, 4) is 6.01 Å². The molecule has 9 nitrogen and oxygen atoms in total. The number of aromatic amines is 1. The van der Waals surface area contributed by atoms with Crippen LogP contribution in [0.3, 0.4) is 0 Å². The summed E-state index contributed by atoms with van der Waals surface area (Å²) in [6, 6.07) is 0.377. The van der Waals surface area contributed by atoms with Crippen LogP contribution < -0.4 is 15.0 Å². The Kier molecular flexibility index (Phi) is 5.75. The van der Waals surface area contributed by atoms with Gasteiger partial charge in [-0.1, -0.05) is 0 Å². The molecule has 0 saturated carbocycles. The van der Waals surface area contributed by atoms with Crippen molar-refractivity contribution < 1.29 is 31.5 Å². The Balaban J connectivity index is 1.91. The molecule has 2 amide bonds. The van der Waals surface area contributed by atoms with Gasteiger partial charge in [0.15, 0.2) is 11.6 Å². The third-order valence-corrected chi connectivity index (χ3v) is 3.68. The van der Waals surface area contributed by atoms with Gasteiger partial charge in [-0.25, -0.2) is 24.1 Å². The molecule has 3 aromatic heterocycles. The fourth-order valence-electron chi connectivity index (χ4n) is 2.26. The number of hydrogen-bond donors (Lipinski definition) is 2. The number of H-pyrrole nitrogens is 1. The number of alkyl halides is 3. The minimum atomic E-state index is -4.67. The summed E-state index contributed by atoms with van der Waals surface area (Å²) in [5, 5.41) is 7.39. The fourth-order valence-corrected chi connectivity index (χ4v) is 2.26. The summed E-state index contributed by atoms with van der Waals surface area (Å²) in [5.74, 6) is -3.37. The molecule has 0 bridgehead atoms. The summed E-state index contributed by atoms with van der Waals surface area (Å²) >= 11 is 0. The van der Waals surface area contributed by atoms with Crippen LogP contribution in [0.4, 0.5) is 38.3 Å². The zero-order valence-electron chi connectivity index (χ0n) is 15.0. The lowest BCUT2D eigenvalue weighted by Crippen LogP contribution is -2.35. The zero-order valence-corrected chi connectivity index (χ0v) is 15.0. The Morgan fingerprint density at radius 2 is 1.93 bits per heavy atom. The monoisotopic (exact) mass is 429 g/mol. The highest BCUT2D eigenvalue weighted by Gasteiger charge is 2.33. The van der Waals surface area contributed by atoms with Crippen molar-refractivity contribution in [2.75, 3.05) is 17.3 Å². The molecule has 0 unspecified atom stereocenters. The molecule has 0 atom stereocenters. The number of carbonyl (C=O) groups is 1. The lowest BCUT2D eigenvalue weighted by Gasteiger charge is -2.21. The van der Waals surface area contributed by atoms with Crippen molar-refractivity contribution in [2.45, 2.75) is 12.7 Å². The van der Waals surface area contributed by atoms with Gasteiger partial charge >= 0.3 is 18.2 Å². The molecule has 0 fully saturated rings. The predicted molar refractivity (Wildman–Crippen MR) is 91.5 cm³/mol. The Morgan fingerprint density at radius 3 is 2.53 bits per heavy atom. The molecule has 0 spiro atoms. The molecule has 30 heavy (non-hydrogen) atoms. The van der Waals surface area contributed by atoms with Crippen molar-refractivity contribution in [1.82, 2.24) is 25.1 Å². The van der Waals surface area contributed by atoms with Crippen LogP contribution >= 0.6 is 0 Å². The summed E-state index contributed by atoms with van der Waals surface area (Å²) in [6.45, 7) is -0.481. The van der Waals surface area contributed by atoms with Crippen LogP contribution in [0.15, 0.2) is 30.7 Å². The van der Waals surface area contributed by atoms with E-state index >= 15 is 0 Å². The van der Waals surface area contributed by atoms with Gasteiger partial charge in [0, 0.05) is 6.20 Å². The Bertz CT molecular complexity index is 1040. The molecular formula is C16H12F5N7O2. The van der Waals surface area contributed by atoms with Gasteiger partial charge in [-0.2, -0.15) is 22.7 Å². The number of nitrogens with zero attached hydrogens (tertiary/aromatic N) is 5. The lowest BCUT2D eigenvalue weighted by molar-refractivity contribution is -0.141. The number of nitrogens with one attached hydrogen (secondary N) is 2. The van der Waals surface area contributed by atoms with Crippen molar-refractivity contribution in [3.63, 3.8) is 0 Å². The number of aromatic nitrogens is 5. The third kappa shape index (κ3) is 4.59. The molecule has 0 aliphatic rings. The van der Waals surface area contributed by atoms with Crippen molar-refractivity contribution in [3.05, 3.63) is 53.7 Å². The van der Waals surface area contributed by atoms with Crippen LogP contribution in [0, 0.1) is 11.6 Å². The van der Waals surface area contributed by atoms with Gasteiger partial charge in [-0.3, -0.25) is 15.3 Å². The molecule has 0 radical (unpaired) electrons. The second kappa shape index (κ2) is 8.26. The number of methoxy groups -OCH3 is 1. The smallest absolute Gasteiger partial charge is 0.432 e.